The van der Waals surface area contributed by atoms with Crippen LogP contribution in [0.4, 0.5) is 5.69 Å². The molecule has 0 aliphatic rings. The van der Waals surface area contributed by atoms with Crippen molar-refractivity contribution in [3.8, 4) is 16.9 Å². The Balaban J connectivity index is 1.38. The van der Waals surface area contributed by atoms with Crippen molar-refractivity contribution in [2.45, 2.75) is 26.7 Å². The van der Waals surface area contributed by atoms with Gasteiger partial charge in [-0.15, -0.1) is 0 Å². The molecule has 0 aliphatic heterocycles. The Bertz CT molecular complexity index is 1180. The Morgan fingerprint density at radius 1 is 0.765 bits per heavy atom. The number of ether oxygens (including phenoxy) is 1. The fourth-order valence-electron chi connectivity index (χ4n) is 3.08. The van der Waals surface area contributed by atoms with Crippen LogP contribution in [0.3, 0.4) is 0 Å². The average molecular weight is 524 g/mol. The summed E-state index contributed by atoms with van der Waals surface area (Å²) in [5.41, 5.74) is 9.54. The number of hydrogen-bond donors (Lipinski definition) is 3. The summed E-state index contributed by atoms with van der Waals surface area (Å²) in [7, 11) is 0. The first-order valence-corrected chi connectivity index (χ1v) is 11.5. The van der Waals surface area contributed by atoms with Crippen molar-refractivity contribution in [1.82, 2.24) is 10.9 Å². The Labute approximate surface area is 207 Å². The molecule has 0 aliphatic carbocycles. The minimum Gasteiger partial charge on any atom is -0.483 e. The minimum absolute atomic E-state index is 0.00810. The van der Waals surface area contributed by atoms with Crippen molar-refractivity contribution in [2.75, 3.05) is 11.9 Å². The molecule has 34 heavy (non-hydrogen) atoms. The monoisotopic (exact) mass is 523 g/mol. The van der Waals surface area contributed by atoms with Gasteiger partial charge in [0.25, 0.3) is 5.91 Å². The Kier molecular flexibility index (Phi) is 8.81. The topological polar surface area (TPSA) is 96.5 Å². The number of halogens is 1. The van der Waals surface area contributed by atoms with Crippen LogP contribution in [-0.4, -0.2) is 24.3 Å². The second-order valence-electron chi connectivity index (χ2n) is 7.74. The van der Waals surface area contributed by atoms with Gasteiger partial charge in [0, 0.05) is 18.5 Å². The number of aryl methyl sites for hydroxylation is 2. The van der Waals surface area contributed by atoms with Gasteiger partial charge in [-0.1, -0.05) is 42.5 Å². The second-order valence-corrected chi connectivity index (χ2v) is 8.60. The van der Waals surface area contributed by atoms with E-state index in [1.807, 2.05) is 74.5 Å². The third-order valence-electron chi connectivity index (χ3n) is 5.11. The van der Waals surface area contributed by atoms with Gasteiger partial charge in [0.15, 0.2) is 6.61 Å². The van der Waals surface area contributed by atoms with Crippen LogP contribution in [-0.2, 0) is 14.4 Å². The zero-order valence-electron chi connectivity index (χ0n) is 19.0. The van der Waals surface area contributed by atoms with E-state index < -0.39 is 11.8 Å². The van der Waals surface area contributed by atoms with E-state index in [1.165, 1.54) is 0 Å². The van der Waals surface area contributed by atoms with Crippen LogP contribution < -0.4 is 20.9 Å². The molecular formula is C26H26BrN3O4. The lowest BCUT2D eigenvalue weighted by Crippen LogP contribution is -2.44. The van der Waals surface area contributed by atoms with Crippen LogP contribution in [0.1, 0.15) is 24.0 Å². The van der Waals surface area contributed by atoms with Crippen LogP contribution >= 0.6 is 15.9 Å². The van der Waals surface area contributed by atoms with Crippen molar-refractivity contribution in [3.05, 3.63) is 82.3 Å². The summed E-state index contributed by atoms with van der Waals surface area (Å²) in [6.07, 6.45) is -0.0733. The smallest absolute Gasteiger partial charge is 0.276 e. The number of hydrogen-bond acceptors (Lipinski definition) is 4. The molecule has 3 aromatic carbocycles. The highest BCUT2D eigenvalue weighted by Gasteiger charge is 2.11. The van der Waals surface area contributed by atoms with Crippen LogP contribution in [0, 0.1) is 13.8 Å². The van der Waals surface area contributed by atoms with Crippen LogP contribution in [0.15, 0.2) is 71.2 Å². The van der Waals surface area contributed by atoms with Gasteiger partial charge in [-0.3, -0.25) is 25.2 Å². The van der Waals surface area contributed by atoms with Gasteiger partial charge >= 0.3 is 0 Å². The van der Waals surface area contributed by atoms with E-state index in [-0.39, 0.29) is 25.4 Å². The zero-order chi connectivity index (χ0) is 24.5. The Hall–Kier alpha value is -3.65. The maximum atomic E-state index is 12.1. The van der Waals surface area contributed by atoms with Gasteiger partial charge in [0.2, 0.25) is 11.8 Å². The van der Waals surface area contributed by atoms with Gasteiger partial charge in [0.1, 0.15) is 5.75 Å². The summed E-state index contributed by atoms with van der Waals surface area (Å²) in [5.74, 6) is -0.773. The summed E-state index contributed by atoms with van der Waals surface area (Å²) in [6, 6.07) is 21.1. The van der Waals surface area contributed by atoms with Crippen molar-refractivity contribution in [2.24, 2.45) is 0 Å². The summed E-state index contributed by atoms with van der Waals surface area (Å²) in [5, 5.41) is 2.76. The fraction of sp³-hybridized carbons (Fsp3) is 0.192. The van der Waals surface area contributed by atoms with Crippen molar-refractivity contribution in [3.63, 3.8) is 0 Å². The molecule has 0 saturated heterocycles. The third-order valence-corrected chi connectivity index (χ3v) is 5.73. The maximum absolute atomic E-state index is 12.1. The lowest BCUT2D eigenvalue weighted by molar-refractivity contribution is -0.130. The highest BCUT2D eigenvalue weighted by Crippen LogP contribution is 2.30. The molecule has 3 aromatic rings. The van der Waals surface area contributed by atoms with E-state index in [4.69, 9.17) is 4.74 Å². The predicted molar refractivity (Wildman–Crippen MR) is 135 cm³/mol. The van der Waals surface area contributed by atoms with Crippen molar-refractivity contribution < 1.29 is 19.1 Å². The van der Waals surface area contributed by atoms with Gasteiger partial charge in [-0.2, -0.15) is 0 Å². The highest BCUT2D eigenvalue weighted by molar-refractivity contribution is 9.10. The summed E-state index contributed by atoms with van der Waals surface area (Å²) in [4.78, 5) is 36.0. The minimum atomic E-state index is -0.521. The molecule has 0 heterocycles. The number of nitrogens with one attached hydrogen (secondary N) is 3. The van der Waals surface area contributed by atoms with E-state index in [9.17, 15) is 14.4 Å². The molecule has 3 N–H and O–H groups in total. The first-order valence-electron chi connectivity index (χ1n) is 10.7. The van der Waals surface area contributed by atoms with E-state index in [2.05, 4.69) is 32.1 Å². The molecule has 7 nitrogen and oxygen atoms in total. The standard InChI is InChI=1S/C26H26BrN3O4/c1-17-8-10-21(14-18(17)2)28-24(31)12-13-25(32)29-30-26(33)16-34-23-11-9-20(15-22(23)27)19-6-4-3-5-7-19/h3-11,14-15H,12-13,16H2,1-2H3,(H,28,31)(H,29,32)(H,30,33). The number of carbonyl (C=O) groups is 3. The third kappa shape index (κ3) is 7.45. The fourth-order valence-corrected chi connectivity index (χ4v) is 3.57. The van der Waals surface area contributed by atoms with Crippen molar-refractivity contribution in [1.29, 1.82) is 0 Å². The maximum Gasteiger partial charge on any atom is 0.276 e. The quantitative estimate of drug-likeness (QED) is 0.373. The number of anilines is 1. The number of carbonyl (C=O) groups excluding carboxylic acids is 3. The molecule has 176 valence electrons. The molecule has 0 bridgehead atoms. The van der Waals surface area contributed by atoms with E-state index >= 15 is 0 Å². The van der Waals surface area contributed by atoms with Crippen LogP contribution in [0.2, 0.25) is 0 Å². The normalized spacial score (nSPS) is 10.3. The number of hydrazine groups is 1. The summed E-state index contributed by atoms with van der Waals surface area (Å²) in [6.45, 7) is 3.67. The van der Waals surface area contributed by atoms with Gasteiger partial charge < -0.3 is 10.1 Å². The van der Waals surface area contributed by atoms with E-state index in [0.29, 0.717) is 15.9 Å². The van der Waals surface area contributed by atoms with E-state index in [0.717, 1.165) is 22.3 Å². The van der Waals surface area contributed by atoms with Crippen LogP contribution in [0.5, 0.6) is 5.75 Å². The van der Waals surface area contributed by atoms with Crippen LogP contribution in [0.25, 0.3) is 11.1 Å². The average Bonchev–Trinajstić information content (AvgIpc) is 2.83. The van der Waals surface area contributed by atoms with Gasteiger partial charge in [-0.05, 0) is 76.3 Å². The lowest BCUT2D eigenvalue weighted by Gasteiger charge is -2.11. The largest absolute Gasteiger partial charge is 0.483 e. The molecule has 8 heteroatoms. The molecule has 0 spiro atoms. The molecular weight excluding hydrogens is 498 g/mol. The lowest BCUT2D eigenvalue weighted by atomic mass is 10.1. The van der Waals surface area contributed by atoms with Gasteiger partial charge in [0.05, 0.1) is 4.47 Å². The molecule has 0 radical (unpaired) electrons. The predicted octanol–water partition coefficient (Wildman–Crippen LogP) is 4.68. The van der Waals surface area contributed by atoms with Gasteiger partial charge in [-0.25, -0.2) is 0 Å². The summed E-state index contributed by atoms with van der Waals surface area (Å²) < 4.78 is 6.24. The molecule has 0 aromatic heterocycles. The first-order chi connectivity index (χ1) is 16.3. The molecule has 0 saturated carbocycles. The number of benzene rings is 3. The SMILES string of the molecule is Cc1ccc(NC(=O)CCC(=O)NNC(=O)COc2ccc(-c3ccccc3)cc2Br)cc1C. The number of amides is 3. The number of rotatable bonds is 8. The highest BCUT2D eigenvalue weighted by atomic mass is 79.9. The second kappa shape index (κ2) is 12.0. The molecule has 0 atom stereocenters. The molecule has 3 amide bonds. The van der Waals surface area contributed by atoms with Crippen molar-refractivity contribution >= 4 is 39.3 Å². The first kappa shape index (κ1) is 25.0. The Morgan fingerprint density at radius 2 is 1.47 bits per heavy atom. The molecule has 0 fully saturated rings. The van der Waals surface area contributed by atoms with E-state index in [1.54, 1.807) is 6.07 Å². The Morgan fingerprint density at radius 3 is 2.18 bits per heavy atom. The zero-order valence-corrected chi connectivity index (χ0v) is 20.6. The molecule has 3 rings (SSSR count). The summed E-state index contributed by atoms with van der Waals surface area (Å²) >= 11 is 3.46. The molecule has 0 unspecified atom stereocenters.